The topological polar surface area (TPSA) is 126 Å². The average molecular weight is 606 g/mol. The van der Waals surface area contributed by atoms with Crippen molar-refractivity contribution < 1.29 is 37.3 Å². The van der Waals surface area contributed by atoms with Crippen LogP contribution >= 0.6 is 11.6 Å². The summed E-state index contributed by atoms with van der Waals surface area (Å²) >= 11 is 6.35. The molecule has 1 fully saturated rings. The fraction of sp³-hybridized carbons (Fsp3) is 0.357. The molecule has 1 unspecified atom stereocenters. The molecule has 0 spiro atoms. The second-order valence-electron chi connectivity index (χ2n) is 9.82. The first-order valence-electron chi connectivity index (χ1n) is 13.2. The summed E-state index contributed by atoms with van der Waals surface area (Å²) in [6.07, 6.45) is 2.97. The predicted octanol–water partition coefficient (Wildman–Crippen LogP) is 3.93. The van der Waals surface area contributed by atoms with Crippen molar-refractivity contribution in [1.82, 2.24) is 20.2 Å². The number of nitrogens with zero attached hydrogens (tertiary/aromatic N) is 3. The van der Waals surface area contributed by atoms with Gasteiger partial charge in [-0.15, -0.1) is 0 Å². The van der Waals surface area contributed by atoms with Crippen molar-refractivity contribution in [3.8, 4) is 17.0 Å². The smallest absolute Gasteiger partial charge is 0.387 e. The van der Waals surface area contributed by atoms with Crippen LogP contribution in [-0.4, -0.2) is 70.8 Å². The molecule has 222 valence electrons. The number of rotatable bonds is 10. The number of carbonyl (C=O) groups is 2. The first-order valence-corrected chi connectivity index (χ1v) is 13.5. The van der Waals surface area contributed by atoms with E-state index in [1.807, 2.05) is 0 Å². The molecule has 14 heteroatoms. The number of carbonyl (C=O) groups excluding carboxylic acids is 2. The van der Waals surface area contributed by atoms with Gasteiger partial charge in [-0.1, -0.05) is 23.7 Å². The highest BCUT2D eigenvalue weighted by atomic mass is 35.5. The highest BCUT2D eigenvalue weighted by Gasteiger charge is 2.33. The van der Waals surface area contributed by atoms with Crippen molar-refractivity contribution in [2.45, 2.75) is 38.1 Å². The average Bonchev–Trinajstić information content (AvgIpc) is 3.28. The van der Waals surface area contributed by atoms with Crippen molar-refractivity contribution in [2.75, 3.05) is 31.7 Å². The molecule has 3 heterocycles. The van der Waals surface area contributed by atoms with Crippen LogP contribution in [0.5, 0.6) is 5.75 Å². The lowest BCUT2D eigenvalue weighted by atomic mass is 10.0. The molecule has 1 aromatic heterocycles. The van der Waals surface area contributed by atoms with E-state index in [1.165, 1.54) is 42.6 Å². The van der Waals surface area contributed by atoms with Gasteiger partial charge in [-0.3, -0.25) is 9.59 Å². The number of aromatic nitrogens is 2. The van der Waals surface area contributed by atoms with Crippen LogP contribution in [0.15, 0.2) is 42.6 Å². The Balaban J connectivity index is 1.29. The van der Waals surface area contributed by atoms with Crippen LogP contribution < -0.4 is 15.4 Å². The summed E-state index contributed by atoms with van der Waals surface area (Å²) in [5.41, 5.74) is 1.04. The Hall–Kier alpha value is -3.94. The number of alkyl halides is 2. The number of halogens is 4. The first-order chi connectivity index (χ1) is 20.2. The van der Waals surface area contributed by atoms with Crippen LogP contribution in [0.4, 0.5) is 19.1 Å². The standard InChI is InChI=1S/C28H27ClF3N5O5/c29-21-11-33-28(34-17-4-6-41-7-5-17)36-25(21)16-9-19-20(22(30)10-16)12-37(26(19)40)13-24(39)35-23(14-38)15-2-1-3-18(8-15)42-27(31)32/h1-3,8-11,17,23,27,38H,4-7,12-14H2,(H,35,39)(H,33,34,36). The van der Waals surface area contributed by atoms with Gasteiger partial charge < -0.3 is 30.1 Å². The molecule has 42 heavy (non-hydrogen) atoms. The van der Waals surface area contributed by atoms with Gasteiger partial charge in [-0.05, 0) is 42.7 Å². The molecule has 3 aromatic rings. The molecule has 0 bridgehead atoms. The largest absolute Gasteiger partial charge is 0.435 e. The van der Waals surface area contributed by atoms with Crippen molar-refractivity contribution in [3.63, 3.8) is 0 Å². The summed E-state index contributed by atoms with van der Waals surface area (Å²) in [6.45, 7) is -2.92. The summed E-state index contributed by atoms with van der Waals surface area (Å²) in [7, 11) is 0. The van der Waals surface area contributed by atoms with Crippen molar-refractivity contribution in [1.29, 1.82) is 0 Å². The van der Waals surface area contributed by atoms with Crippen LogP contribution in [-0.2, 0) is 16.1 Å². The van der Waals surface area contributed by atoms with Gasteiger partial charge in [-0.25, -0.2) is 14.4 Å². The Kier molecular flexibility index (Phi) is 9.09. The quantitative estimate of drug-likeness (QED) is 0.317. The van der Waals surface area contributed by atoms with Gasteiger partial charge in [0, 0.05) is 35.9 Å². The molecule has 0 radical (unpaired) electrons. The maximum atomic E-state index is 15.2. The molecule has 1 atom stereocenters. The summed E-state index contributed by atoms with van der Waals surface area (Å²) in [4.78, 5) is 35.9. The third kappa shape index (κ3) is 6.75. The molecule has 2 aliphatic heterocycles. The van der Waals surface area contributed by atoms with Crippen molar-refractivity contribution >= 4 is 29.4 Å². The second kappa shape index (κ2) is 12.9. The van der Waals surface area contributed by atoms with Gasteiger partial charge in [-0.2, -0.15) is 8.78 Å². The molecular formula is C28H27ClF3N5O5. The summed E-state index contributed by atoms with van der Waals surface area (Å²) in [5, 5.41) is 15.8. The van der Waals surface area contributed by atoms with Crippen LogP contribution in [0.3, 0.4) is 0 Å². The number of aliphatic hydroxyl groups excluding tert-OH is 1. The normalized spacial score (nSPS) is 16.0. The van der Waals surface area contributed by atoms with E-state index in [9.17, 15) is 23.5 Å². The van der Waals surface area contributed by atoms with E-state index < -0.39 is 43.4 Å². The zero-order valence-corrected chi connectivity index (χ0v) is 22.9. The van der Waals surface area contributed by atoms with Crippen LogP contribution in [0, 0.1) is 5.82 Å². The molecule has 0 aliphatic carbocycles. The molecule has 1 saturated heterocycles. The molecule has 2 aromatic carbocycles. The molecule has 2 amide bonds. The maximum Gasteiger partial charge on any atom is 0.387 e. The highest BCUT2D eigenvalue weighted by molar-refractivity contribution is 6.33. The minimum absolute atomic E-state index is 0.0713. The highest BCUT2D eigenvalue weighted by Crippen LogP contribution is 2.33. The lowest BCUT2D eigenvalue weighted by Gasteiger charge is -2.23. The summed E-state index contributed by atoms with van der Waals surface area (Å²) in [5.74, 6) is -1.69. The molecule has 2 aliphatic rings. The molecular weight excluding hydrogens is 579 g/mol. The minimum atomic E-state index is -3.03. The predicted molar refractivity (Wildman–Crippen MR) is 146 cm³/mol. The number of fused-ring (bicyclic) bond motifs is 1. The number of ether oxygens (including phenoxy) is 2. The zero-order valence-electron chi connectivity index (χ0n) is 22.2. The van der Waals surface area contributed by atoms with Gasteiger partial charge in [0.15, 0.2) is 0 Å². The number of amides is 2. The summed E-state index contributed by atoms with van der Waals surface area (Å²) < 4.78 is 50.1. The maximum absolute atomic E-state index is 15.2. The lowest BCUT2D eigenvalue weighted by Crippen LogP contribution is -2.40. The zero-order chi connectivity index (χ0) is 29.8. The fourth-order valence-electron chi connectivity index (χ4n) is 4.90. The van der Waals surface area contributed by atoms with E-state index in [-0.39, 0.29) is 45.7 Å². The third-order valence-corrected chi connectivity index (χ3v) is 7.25. The Morgan fingerprint density at radius 2 is 2.02 bits per heavy atom. The summed E-state index contributed by atoms with van der Waals surface area (Å²) in [6, 6.07) is 7.43. The number of nitrogens with one attached hydrogen (secondary N) is 2. The monoisotopic (exact) mass is 605 g/mol. The van der Waals surface area contributed by atoms with E-state index in [2.05, 4.69) is 25.3 Å². The van der Waals surface area contributed by atoms with Gasteiger partial charge in [0.05, 0.1) is 36.1 Å². The SMILES string of the molecule is O=C(CN1Cc2c(F)cc(-c3nc(NC4CCOCC4)ncc3Cl)cc2C1=O)NC(CO)c1cccc(OC(F)F)c1. The van der Waals surface area contributed by atoms with Gasteiger partial charge in [0.25, 0.3) is 5.91 Å². The van der Waals surface area contributed by atoms with Gasteiger partial charge >= 0.3 is 6.61 Å². The molecule has 5 rings (SSSR count). The number of benzene rings is 2. The van der Waals surface area contributed by atoms with E-state index in [0.29, 0.717) is 24.7 Å². The molecule has 0 saturated carbocycles. The van der Waals surface area contributed by atoms with E-state index in [0.717, 1.165) is 17.7 Å². The van der Waals surface area contributed by atoms with Crippen LogP contribution in [0.25, 0.3) is 11.3 Å². The van der Waals surface area contributed by atoms with Crippen molar-refractivity contribution in [3.05, 3.63) is 70.1 Å². The van der Waals surface area contributed by atoms with E-state index in [4.69, 9.17) is 16.3 Å². The van der Waals surface area contributed by atoms with E-state index in [1.54, 1.807) is 0 Å². The Bertz CT molecular complexity index is 1470. The van der Waals surface area contributed by atoms with Crippen LogP contribution in [0.2, 0.25) is 5.02 Å². The number of anilines is 1. The van der Waals surface area contributed by atoms with Gasteiger partial charge in [0.2, 0.25) is 11.9 Å². The van der Waals surface area contributed by atoms with Crippen molar-refractivity contribution in [2.24, 2.45) is 0 Å². The van der Waals surface area contributed by atoms with Gasteiger partial charge in [0.1, 0.15) is 18.1 Å². The Labute approximate surface area is 243 Å². The minimum Gasteiger partial charge on any atom is -0.435 e. The van der Waals surface area contributed by atoms with E-state index >= 15 is 4.39 Å². The first kappa shape index (κ1) is 29.5. The number of aliphatic hydroxyl groups is 1. The molecule has 3 N–H and O–H groups in total. The molecule has 10 nitrogen and oxygen atoms in total. The number of hydrogen-bond acceptors (Lipinski definition) is 8. The third-order valence-electron chi connectivity index (χ3n) is 6.97. The van der Waals surface area contributed by atoms with Crippen LogP contribution in [0.1, 0.15) is 40.4 Å². The lowest BCUT2D eigenvalue weighted by molar-refractivity contribution is -0.122. The Morgan fingerprint density at radius 1 is 1.24 bits per heavy atom. The fourth-order valence-corrected chi connectivity index (χ4v) is 5.10. The second-order valence-corrected chi connectivity index (χ2v) is 10.2. The Morgan fingerprint density at radius 3 is 2.76 bits per heavy atom. The number of hydrogen-bond donors (Lipinski definition) is 3.